The Morgan fingerprint density at radius 1 is 1.29 bits per heavy atom. The van der Waals surface area contributed by atoms with Gasteiger partial charge in [-0.05, 0) is 36.8 Å². The van der Waals surface area contributed by atoms with E-state index in [1.54, 1.807) is 6.92 Å². The number of benzene rings is 1. The van der Waals surface area contributed by atoms with E-state index in [0.717, 1.165) is 6.07 Å². The van der Waals surface area contributed by atoms with Crippen LogP contribution in [-0.2, 0) is 17.1 Å². The smallest absolute Gasteiger partial charge is 0.352 e. The van der Waals surface area contributed by atoms with Gasteiger partial charge in [-0.2, -0.15) is 0 Å². The van der Waals surface area contributed by atoms with Gasteiger partial charge in [0.1, 0.15) is 16.3 Å². The van der Waals surface area contributed by atoms with Crippen molar-refractivity contribution in [3.63, 3.8) is 0 Å². The maximum atomic E-state index is 12.2. The van der Waals surface area contributed by atoms with Gasteiger partial charge in [-0.15, -0.1) is 0 Å². The van der Waals surface area contributed by atoms with E-state index < -0.39 is 16.0 Å². The summed E-state index contributed by atoms with van der Waals surface area (Å²) in [5.74, 6) is -1.15. The molecule has 2 aromatic rings. The highest BCUT2D eigenvalue weighted by Crippen LogP contribution is 2.23. The molecule has 0 unspecified atom stereocenters. The molecule has 0 aliphatic rings. The minimum absolute atomic E-state index is 0.0609. The van der Waals surface area contributed by atoms with Crippen LogP contribution in [0, 0.1) is 6.92 Å². The highest BCUT2D eigenvalue weighted by Gasteiger charge is 2.20. The van der Waals surface area contributed by atoms with Crippen LogP contribution in [0.25, 0.3) is 0 Å². The summed E-state index contributed by atoms with van der Waals surface area (Å²) in [6, 6.07) is 5.35. The van der Waals surface area contributed by atoms with Crippen molar-refractivity contribution in [3.05, 3.63) is 41.7 Å². The zero-order chi connectivity index (χ0) is 15.8. The summed E-state index contributed by atoms with van der Waals surface area (Å²) in [5.41, 5.74) is 0.678. The number of hydrogen-bond donors (Lipinski definition) is 3. The molecule has 0 aliphatic heterocycles. The van der Waals surface area contributed by atoms with Crippen LogP contribution in [0.2, 0.25) is 0 Å². The molecular weight excluding hydrogens is 296 g/mol. The van der Waals surface area contributed by atoms with Crippen LogP contribution in [0.5, 0.6) is 5.75 Å². The van der Waals surface area contributed by atoms with Crippen LogP contribution < -0.4 is 4.72 Å². The number of aromatic nitrogens is 1. The molecule has 3 N–H and O–H groups in total. The summed E-state index contributed by atoms with van der Waals surface area (Å²) in [6.07, 6.45) is 1.22. The normalized spacial score (nSPS) is 11.3. The van der Waals surface area contributed by atoms with Gasteiger partial charge in [0.2, 0.25) is 0 Å². The quantitative estimate of drug-likeness (QED) is 0.742. The molecule has 2 rings (SSSR count). The average molecular weight is 310 g/mol. The fourth-order valence-electron chi connectivity index (χ4n) is 1.83. The van der Waals surface area contributed by atoms with E-state index in [0.29, 0.717) is 5.56 Å². The number of rotatable bonds is 4. The number of nitrogens with zero attached hydrogens (tertiary/aromatic N) is 1. The number of aryl methyl sites for hydroxylation is 2. The second-order valence-corrected chi connectivity index (χ2v) is 6.27. The lowest BCUT2D eigenvalue weighted by Crippen LogP contribution is -2.12. The van der Waals surface area contributed by atoms with Crippen molar-refractivity contribution in [2.75, 3.05) is 4.72 Å². The first-order valence-electron chi connectivity index (χ1n) is 5.93. The van der Waals surface area contributed by atoms with Crippen molar-refractivity contribution in [1.82, 2.24) is 4.57 Å². The molecule has 0 radical (unpaired) electrons. The molecule has 0 saturated heterocycles. The van der Waals surface area contributed by atoms with Gasteiger partial charge in [0.05, 0.1) is 0 Å². The number of sulfonamides is 1. The molecule has 7 nitrogen and oxygen atoms in total. The van der Waals surface area contributed by atoms with Gasteiger partial charge in [-0.1, -0.05) is 0 Å². The van der Waals surface area contributed by atoms with Crippen LogP contribution in [0.3, 0.4) is 0 Å². The molecule has 112 valence electrons. The summed E-state index contributed by atoms with van der Waals surface area (Å²) in [6.45, 7) is 1.64. The van der Waals surface area contributed by atoms with E-state index in [1.807, 2.05) is 0 Å². The largest absolute Gasteiger partial charge is 0.508 e. The number of carbonyl (C=O) groups is 1. The molecule has 0 bridgehead atoms. The Bertz CT molecular complexity index is 808. The molecule has 0 saturated carbocycles. The first kappa shape index (κ1) is 14.9. The molecule has 1 aromatic carbocycles. The van der Waals surface area contributed by atoms with E-state index >= 15 is 0 Å². The van der Waals surface area contributed by atoms with Crippen LogP contribution in [0.15, 0.2) is 35.4 Å². The van der Waals surface area contributed by atoms with Crippen molar-refractivity contribution in [1.29, 1.82) is 0 Å². The summed E-state index contributed by atoms with van der Waals surface area (Å²) in [5, 5.41) is 18.4. The molecule has 1 aromatic heterocycles. The Balaban J connectivity index is 2.36. The Morgan fingerprint density at radius 3 is 2.48 bits per heavy atom. The first-order valence-corrected chi connectivity index (χ1v) is 7.41. The second kappa shape index (κ2) is 5.13. The average Bonchev–Trinajstić information content (AvgIpc) is 2.77. The van der Waals surface area contributed by atoms with Crippen molar-refractivity contribution in [2.45, 2.75) is 11.8 Å². The minimum Gasteiger partial charge on any atom is -0.508 e. The number of aromatic carboxylic acids is 1. The van der Waals surface area contributed by atoms with Gasteiger partial charge in [0.25, 0.3) is 10.0 Å². The molecule has 0 amide bonds. The Labute approximate surface area is 121 Å². The lowest BCUT2D eigenvalue weighted by atomic mass is 10.2. The molecule has 21 heavy (non-hydrogen) atoms. The molecule has 0 atom stereocenters. The Morgan fingerprint density at radius 2 is 1.95 bits per heavy atom. The van der Waals surface area contributed by atoms with Crippen molar-refractivity contribution < 1.29 is 23.4 Å². The van der Waals surface area contributed by atoms with Gasteiger partial charge in [0, 0.05) is 18.9 Å². The third kappa shape index (κ3) is 3.00. The lowest BCUT2D eigenvalue weighted by Gasteiger charge is -2.08. The first-order chi connectivity index (χ1) is 9.70. The van der Waals surface area contributed by atoms with Crippen LogP contribution >= 0.6 is 0 Å². The number of carboxylic acid groups (broad SMARTS) is 1. The van der Waals surface area contributed by atoms with E-state index in [1.165, 1.54) is 36.0 Å². The monoisotopic (exact) mass is 310 g/mol. The van der Waals surface area contributed by atoms with E-state index in [2.05, 4.69) is 4.72 Å². The summed E-state index contributed by atoms with van der Waals surface area (Å²) < 4.78 is 28.0. The highest BCUT2D eigenvalue weighted by atomic mass is 32.2. The van der Waals surface area contributed by atoms with E-state index in [4.69, 9.17) is 5.11 Å². The summed E-state index contributed by atoms with van der Waals surface area (Å²) in [4.78, 5) is 10.8. The number of carboxylic acids is 1. The summed E-state index contributed by atoms with van der Waals surface area (Å²) >= 11 is 0. The number of phenolic OH excluding ortho intramolecular Hbond substituents is 1. The zero-order valence-electron chi connectivity index (χ0n) is 11.4. The predicted molar refractivity (Wildman–Crippen MR) is 76.0 cm³/mol. The number of phenols is 1. The van der Waals surface area contributed by atoms with Crippen LogP contribution in [0.4, 0.5) is 5.69 Å². The third-order valence-corrected chi connectivity index (χ3v) is 4.31. The summed E-state index contributed by atoms with van der Waals surface area (Å²) in [7, 11) is -2.44. The van der Waals surface area contributed by atoms with Gasteiger partial charge < -0.3 is 14.8 Å². The Kier molecular flexibility index (Phi) is 3.65. The molecule has 0 aliphatic carbocycles. The third-order valence-electron chi connectivity index (χ3n) is 2.96. The molecule has 8 heteroatoms. The number of aromatic hydroxyl groups is 1. The maximum absolute atomic E-state index is 12.2. The fraction of sp³-hybridized carbons (Fsp3) is 0.154. The Hall–Kier alpha value is -2.48. The minimum atomic E-state index is -3.89. The van der Waals surface area contributed by atoms with Gasteiger partial charge >= 0.3 is 5.97 Å². The highest BCUT2D eigenvalue weighted by molar-refractivity contribution is 7.92. The molecular formula is C13H14N2O5S. The van der Waals surface area contributed by atoms with Gasteiger partial charge in [0.15, 0.2) is 0 Å². The molecule has 0 spiro atoms. The fourth-order valence-corrected chi connectivity index (χ4v) is 2.95. The number of hydrogen-bond acceptors (Lipinski definition) is 4. The van der Waals surface area contributed by atoms with Crippen molar-refractivity contribution in [3.8, 4) is 5.75 Å². The maximum Gasteiger partial charge on any atom is 0.352 e. The van der Waals surface area contributed by atoms with E-state index in [9.17, 15) is 18.3 Å². The van der Waals surface area contributed by atoms with Crippen LogP contribution in [-0.4, -0.2) is 29.2 Å². The van der Waals surface area contributed by atoms with Crippen LogP contribution in [0.1, 0.15) is 16.1 Å². The lowest BCUT2D eigenvalue weighted by molar-refractivity contribution is 0.0686. The second-order valence-electron chi connectivity index (χ2n) is 4.58. The number of nitrogens with one attached hydrogen (secondary N) is 1. The number of anilines is 1. The topological polar surface area (TPSA) is 109 Å². The van der Waals surface area contributed by atoms with Gasteiger partial charge in [-0.25, -0.2) is 13.2 Å². The van der Waals surface area contributed by atoms with E-state index in [-0.39, 0.29) is 22.0 Å². The van der Waals surface area contributed by atoms with Crippen molar-refractivity contribution >= 4 is 21.7 Å². The molecule has 1 heterocycles. The zero-order valence-corrected chi connectivity index (χ0v) is 12.2. The van der Waals surface area contributed by atoms with Gasteiger partial charge in [-0.3, -0.25) is 4.72 Å². The predicted octanol–water partition coefficient (Wildman–Crippen LogP) is 1.54. The van der Waals surface area contributed by atoms with Crippen molar-refractivity contribution in [2.24, 2.45) is 7.05 Å². The SMILES string of the molecule is Cc1cc(NS(=O)(=O)c2cc(C(=O)O)n(C)c2)ccc1O. The standard InChI is InChI=1S/C13H14N2O5S/c1-8-5-9(3-4-12(8)16)14-21(19,20)10-6-11(13(17)18)15(2)7-10/h3-7,14,16H,1-2H3,(H,17,18). The molecule has 0 fully saturated rings.